The highest BCUT2D eigenvalue weighted by Gasteiger charge is 2.37. The average molecular weight is 453 g/mol. The summed E-state index contributed by atoms with van der Waals surface area (Å²) in [7, 11) is -3.32. The second-order valence-corrected chi connectivity index (χ2v) is 11.0. The van der Waals surface area contributed by atoms with Crippen LogP contribution in [0.1, 0.15) is 11.1 Å². The normalized spacial score (nSPS) is 19.1. The van der Waals surface area contributed by atoms with E-state index in [9.17, 15) is 8.42 Å². The number of nitrogens with zero attached hydrogens (tertiary/aromatic N) is 2. The lowest BCUT2D eigenvalue weighted by Gasteiger charge is -2.40. The van der Waals surface area contributed by atoms with Crippen LogP contribution in [0.15, 0.2) is 53.4 Å². The van der Waals surface area contributed by atoms with E-state index in [1.807, 2.05) is 30.3 Å². The molecule has 1 aromatic heterocycles. The summed E-state index contributed by atoms with van der Waals surface area (Å²) in [5, 5.41) is 4.64. The topological polar surface area (TPSA) is 97.6 Å². The molecule has 5 rings (SSSR count). The zero-order chi connectivity index (χ0) is 22.3. The van der Waals surface area contributed by atoms with Crippen molar-refractivity contribution in [2.75, 3.05) is 48.8 Å². The lowest BCUT2D eigenvalue weighted by Crippen LogP contribution is -2.52. The second-order valence-electron chi connectivity index (χ2n) is 8.95. The number of aryl methyl sites for hydroxylation is 1. The van der Waals surface area contributed by atoms with Crippen molar-refractivity contribution in [2.24, 2.45) is 11.1 Å². The van der Waals surface area contributed by atoms with E-state index in [2.05, 4.69) is 23.2 Å². The first-order valence-electron chi connectivity index (χ1n) is 10.9. The summed E-state index contributed by atoms with van der Waals surface area (Å²) >= 11 is 0. The van der Waals surface area contributed by atoms with Crippen LogP contribution >= 0.6 is 0 Å². The minimum absolute atomic E-state index is 0.0464. The van der Waals surface area contributed by atoms with E-state index in [1.165, 1.54) is 0 Å². The highest BCUT2D eigenvalue weighted by molar-refractivity contribution is 7.91. The lowest BCUT2D eigenvalue weighted by molar-refractivity contribution is -0.0979. The van der Waals surface area contributed by atoms with Crippen molar-refractivity contribution in [3.05, 3.63) is 59.7 Å². The fourth-order valence-electron chi connectivity index (χ4n) is 4.36. The van der Waals surface area contributed by atoms with Crippen molar-refractivity contribution in [3.63, 3.8) is 0 Å². The summed E-state index contributed by atoms with van der Waals surface area (Å²) < 4.78 is 31.0. The van der Waals surface area contributed by atoms with Gasteiger partial charge in [-0.15, -0.1) is 0 Å². The zero-order valence-electron chi connectivity index (χ0n) is 18.2. The maximum atomic E-state index is 12.8. The number of ether oxygens (including phenoxy) is 1. The quantitative estimate of drug-likeness (QED) is 0.614. The fourth-order valence-corrected chi connectivity index (χ4v) is 5.86. The number of aromatic nitrogens is 1. The molecule has 2 aliphatic heterocycles. The van der Waals surface area contributed by atoms with Crippen LogP contribution in [0.25, 0.3) is 10.9 Å². The molecule has 0 bridgehead atoms. The van der Waals surface area contributed by atoms with Gasteiger partial charge in [0.25, 0.3) is 0 Å². The molecule has 0 spiro atoms. The van der Waals surface area contributed by atoms with Gasteiger partial charge in [0.1, 0.15) is 5.82 Å². The highest BCUT2D eigenvalue weighted by Crippen LogP contribution is 2.33. The van der Waals surface area contributed by atoms with Crippen LogP contribution in [0.2, 0.25) is 0 Å². The van der Waals surface area contributed by atoms with Crippen molar-refractivity contribution >= 4 is 32.2 Å². The van der Waals surface area contributed by atoms with Gasteiger partial charge in [0, 0.05) is 48.7 Å². The number of sulfone groups is 1. The first-order chi connectivity index (χ1) is 15.4. The molecule has 0 aliphatic carbocycles. The molecule has 0 atom stereocenters. The Morgan fingerprint density at radius 2 is 2.00 bits per heavy atom. The largest absolute Gasteiger partial charge is 0.384 e. The van der Waals surface area contributed by atoms with Crippen LogP contribution < -0.4 is 16.0 Å². The SMILES string of the molecule is Cc1ccc2nc(N3CCS(=O)(=O)c4ccccc4C3)cc(NCC3(CN)COC3)c2c1. The Hall–Kier alpha value is -2.68. The van der Waals surface area contributed by atoms with Gasteiger partial charge in [-0.05, 0) is 30.7 Å². The number of hydrogen-bond donors (Lipinski definition) is 2. The smallest absolute Gasteiger partial charge is 0.180 e. The Labute approximate surface area is 188 Å². The summed E-state index contributed by atoms with van der Waals surface area (Å²) in [4.78, 5) is 7.38. The maximum Gasteiger partial charge on any atom is 0.180 e. The van der Waals surface area contributed by atoms with Gasteiger partial charge >= 0.3 is 0 Å². The number of rotatable bonds is 5. The van der Waals surface area contributed by atoms with Gasteiger partial charge in [-0.1, -0.05) is 29.8 Å². The summed E-state index contributed by atoms with van der Waals surface area (Å²) in [5.74, 6) is 0.830. The number of pyridine rings is 1. The monoisotopic (exact) mass is 452 g/mol. The Morgan fingerprint density at radius 1 is 1.19 bits per heavy atom. The zero-order valence-corrected chi connectivity index (χ0v) is 19.0. The molecule has 1 saturated heterocycles. The molecule has 0 radical (unpaired) electrons. The molecule has 3 N–H and O–H groups in total. The third kappa shape index (κ3) is 3.83. The van der Waals surface area contributed by atoms with Gasteiger partial charge in [-0.2, -0.15) is 0 Å². The number of nitrogens with one attached hydrogen (secondary N) is 1. The van der Waals surface area contributed by atoms with E-state index in [4.69, 9.17) is 15.5 Å². The van der Waals surface area contributed by atoms with E-state index in [-0.39, 0.29) is 11.2 Å². The van der Waals surface area contributed by atoms with Gasteiger partial charge in [0.2, 0.25) is 0 Å². The first kappa shape index (κ1) is 21.2. The number of fused-ring (bicyclic) bond motifs is 2. The second kappa shape index (κ2) is 8.03. The molecule has 0 amide bonds. The summed E-state index contributed by atoms with van der Waals surface area (Å²) in [6.45, 7) is 5.55. The standard InChI is InChI=1S/C24H28N4O3S/c1-17-6-7-20-19(10-17)21(26-14-24(13-25)15-31-16-24)11-23(27-20)28-8-9-32(29,30)22-5-3-2-4-18(22)12-28/h2-7,10-11H,8-9,12-16,25H2,1H3,(H,26,27). The molecular formula is C24H28N4O3S. The van der Waals surface area contributed by atoms with Gasteiger partial charge in [0.15, 0.2) is 9.84 Å². The van der Waals surface area contributed by atoms with Crippen molar-refractivity contribution in [2.45, 2.75) is 18.4 Å². The van der Waals surface area contributed by atoms with Crippen molar-refractivity contribution in [1.29, 1.82) is 0 Å². The van der Waals surface area contributed by atoms with Crippen LogP contribution in [-0.2, 0) is 21.1 Å². The van der Waals surface area contributed by atoms with Crippen LogP contribution in [0, 0.1) is 12.3 Å². The van der Waals surface area contributed by atoms with Crippen LogP contribution in [0.4, 0.5) is 11.5 Å². The summed E-state index contributed by atoms with van der Waals surface area (Å²) in [6.07, 6.45) is 0. The summed E-state index contributed by atoms with van der Waals surface area (Å²) in [5.41, 5.74) is 9.78. The minimum atomic E-state index is -3.32. The van der Waals surface area contributed by atoms with Crippen molar-refractivity contribution < 1.29 is 13.2 Å². The number of nitrogens with two attached hydrogens (primary N) is 1. The molecule has 2 aliphatic rings. The molecule has 0 unspecified atom stereocenters. The highest BCUT2D eigenvalue weighted by atomic mass is 32.2. The average Bonchev–Trinajstić information content (AvgIpc) is 2.89. The molecule has 8 heteroatoms. The van der Waals surface area contributed by atoms with Gasteiger partial charge in [-0.3, -0.25) is 0 Å². The number of hydrogen-bond acceptors (Lipinski definition) is 7. The minimum Gasteiger partial charge on any atom is -0.384 e. The van der Waals surface area contributed by atoms with Gasteiger partial charge in [0.05, 0.1) is 29.4 Å². The predicted octanol–water partition coefficient (Wildman–Crippen LogP) is 2.72. The number of benzene rings is 2. The fraction of sp³-hybridized carbons (Fsp3) is 0.375. The molecule has 0 saturated carbocycles. The maximum absolute atomic E-state index is 12.8. The Bertz CT molecular complexity index is 1270. The van der Waals surface area contributed by atoms with Crippen LogP contribution in [0.3, 0.4) is 0 Å². The van der Waals surface area contributed by atoms with Crippen LogP contribution in [-0.4, -0.2) is 52.0 Å². The van der Waals surface area contributed by atoms with E-state index in [1.54, 1.807) is 12.1 Å². The van der Waals surface area contributed by atoms with Crippen molar-refractivity contribution in [3.8, 4) is 0 Å². The van der Waals surface area contributed by atoms with Gasteiger partial charge < -0.3 is 20.7 Å². The van der Waals surface area contributed by atoms with Gasteiger partial charge in [-0.25, -0.2) is 13.4 Å². The Balaban J connectivity index is 1.54. The molecule has 1 fully saturated rings. The third-order valence-electron chi connectivity index (χ3n) is 6.48. The van der Waals surface area contributed by atoms with Crippen molar-refractivity contribution in [1.82, 2.24) is 4.98 Å². The first-order valence-corrected chi connectivity index (χ1v) is 12.5. The molecule has 3 heterocycles. The van der Waals surface area contributed by atoms with E-state index in [0.717, 1.165) is 33.5 Å². The number of anilines is 2. The van der Waals surface area contributed by atoms with E-state index in [0.29, 0.717) is 44.3 Å². The molecule has 168 valence electrons. The lowest BCUT2D eigenvalue weighted by atomic mass is 9.86. The molecule has 2 aromatic carbocycles. The van der Waals surface area contributed by atoms with E-state index >= 15 is 0 Å². The van der Waals surface area contributed by atoms with E-state index < -0.39 is 9.84 Å². The molecular weight excluding hydrogens is 424 g/mol. The third-order valence-corrected chi connectivity index (χ3v) is 8.27. The van der Waals surface area contributed by atoms with Crippen LogP contribution in [0.5, 0.6) is 0 Å². The summed E-state index contributed by atoms with van der Waals surface area (Å²) in [6, 6.07) is 15.5. The Morgan fingerprint density at radius 3 is 2.75 bits per heavy atom. The molecule has 7 nitrogen and oxygen atoms in total. The molecule has 32 heavy (non-hydrogen) atoms. The molecule has 3 aromatic rings. The predicted molar refractivity (Wildman–Crippen MR) is 127 cm³/mol. The Kier molecular flexibility index (Phi) is 5.31.